The fraction of sp³-hybridized carbons (Fsp3) is 0.250. The number of benzene rings is 1. The summed E-state index contributed by atoms with van der Waals surface area (Å²) in [6.45, 7) is 2.10. The molecule has 21 heavy (non-hydrogen) atoms. The lowest BCUT2D eigenvalue weighted by Gasteiger charge is -2.00. The minimum Gasteiger partial charge on any atom is -0.460 e. The van der Waals surface area contributed by atoms with Crippen LogP contribution >= 0.6 is 15.9 Å². The fourth-order valence-corrected chi connectivity index (χ4v) is 2.10. The lowest BCUT2D eigenvalue weighted by atomic mass is 10.1. The molecule has 110 valence electrons. The first-order chi connectivity index (χ1) is 10.2. The van der Waals surface area contributed by atoms with E-state index in [4.69, 9.17) is 4.42 Å². The molecule has 1 amide bonds. The summed E-state index contributed by atoms with van der Waals surface area (Å²) in [5, 5.41) is 3.90. The Morgan fingerprint density at radius 1 is 1.29 bits per heavy atom. The van der Waals surface area contributed by atoms with Crippen LogP contribution in [0.15, 0.2) is 50.4 Å². The summed E-state index contributed by atoms with van der Waals surface area (Å²) in [6, 6.07) is 11.4. The summed E-state index contributed by atoms with van der Waals surface area (Å²) in [4.78, 5) is 11.7. The van der Waals surface area contributed by atoms with Gasteiger partial charge in [-0.2, -0.15) is 5.10 Å². The van der Waals surface area contributed by atoms with Crippen LogP contribution in [-0.2, 0) is 17.6 Å². The van der Waals surface area contributed by atoms with Gasteiger partial charge in [0.2, 0.25) is 5.91 Å². The molecule has 0 fully saturated rings. The molecule has 1 heterocycles. The summed E-state index contributed by atoms with van der Waals surface area (Å²) in [5.74, 6) is 1.41. The van der Waals surface area contributed by atoms with E-state index in [1.165, 1.54) is 6.21 Å². The number of carbonyl (C=O) groups excluding carboxylic acids is 1. The highest BCUT2D eigenvalue weighted by Crippen LogP contribution is 2.11. The number of hydrogen-bond donors (Lipinski definition) is 1. The minimum absolute atomic E-state index is 0.158. The molecule has 2 rings (SSSR count). The van der Waals surface area contributed by atoms with Crippen molar-refractivity contribution in [2.24, 2.45) is 5.10 Å². The maximum absolute atomic E-state index is 11.7. The van der Waals surface area contributed by atoms with Gasteiger partial charge in [-0.25, -0.2) is 5.43 Å². The van der Waals surface area contributed by atoms with Crippen LogP contribution in [-0.4, -0.2) is 12.1 Å². The second kappa shape index (κ2) is 7.78. The van der Waals surface area contributed by atoms with Crippen molar-refractivity contribution in [1.29, 1.82) is 0 Å². The van der Waals surface area contributed by atoms with E-state index in [1.54, 1.807) is 0 Å². The number of hydrogen-bond acceptors (Lipinski definition) is 3. The predicted molar refractivity (Wildman–Crippen MR) is 86.3 cm³/mol. The normalized spacial score (nSPS) is 11.0. The molecule has 1 aromatic heterocycles. The highest BCUT2D eigenvalue weighted by Gasteiger charge is 2.02. The molecule has 0 radical (unpaired) electrons. The summed E-state index contributed by atoms with van der Waals surface area (Å²) >= 11 is 3.36. The van der Waals surface area contributed by atoms with E-state index in [-0.39, 0.29) is 5.91 Å². The van der Waals surface area contributed by atoms with Crippen LogP contribution in [0, 0.1) is 0 Å². The Labute approximate surface area is 132 Å². The zero-order valence-corrected chi connectivity index (χ0v) is 13.4. The Kier molecular flexibility index (Phi) is 5.75. The summed E-state index contributed by atoms with van der Waals surface area (Å²) < 4.78 is 6.52. The van der Waals surface area contributed by atoms with Gasteiger partial charge in [0.1, 0.15) is 11.5 Å². The van der Waals surface area contributed by atoms with Gasteiger partial charge in [0.15, 0.2) is 0 Å². The Morgan fingerprint density at radius 2 is 2.05 bits per heavy atom. The third-order valence-electron chi connectivity index (χ3n) is 2.84. The molecule has 4 nitrogen and oxygen atoms in total. The zero-order valence-electron chi connectivity index (χ0n) is 11.8. The molecular formula is C16H17BrN2O2. The molecule has 0 saturated heterocycles. The molecule has 0 bridgehead atoms. The van der Waals surface area contributed by atoms with Gasteiger partial charge in [-0.3, -0.25) is 4.79 Å². The molecule has 1 N–H and O–H groups in total. The first-order valence-corrected chi connectivity index (χ1v) is 7.61. The Bertz CT molecular complexity index is 617. The number of halogens is 1. The van der Waals surface area contributed by atoms with Crippen LogP contribution in [0.3, 0.4) is 0 Å². The number of nitrogens with one attached hydrogen (secondary N) is 1. The summed E-state index contributed by atoms with van der Waals surface area (Å²) in [6.07, 6.45) is 3.75. The van der Waals surface area contributed by atoms with Crippen LogP contribution in [0.4, 0.5) is 0 Å². The number of aryl methyl sites for hydroxylation is 1. The van der Waals surface area contributed by atoms with Crippen molar-refractivity contribution in [1.82, 2.24) is 5.43 Å². The van der Waals surface area contributed by atoms with Gasteiger partial charge < -0.3 is 4.42 Å². The van der Waals surface area contributed by atoms with E-state index in [9.17, 15) is 4.79 Å². The zero-order chi connectivity index (χ0) is 15.1. The van der Waals surface area contributed by atoms with E-state index >= 15 is 0 Å². The quantitative estimate of drug-likeness (QED) is 0.639. The van der Waals surface area contributed by atoms with Gasteiger partial charge in [-0.05, 0) is 36.2 Å². The molecule has 1 aromatic carbocycles. The van der Waals surface area contributed by atoms with Gasteiger partial charge in [-0.15, -0.1) is 0 Å². The number of nitrogens with zero attached hydrogens (tertiary/aromatic N) is 1. The largest absolute Gasteiger partial charge is 0.460 e. The van der Waals surface area contributed by atoms with Crippen LogP contribution in [0.2, 0.25) is 0 Å². The van der Waals surface area contributed by atoms with Gasteiger partial charge in [0, 0.05) is 10.9 Å². The molecule has 0 unspecified atom stereocenters. The average molecular weight is 349 g/mol. The van der Waals surface area contributed by atoms with Gasteiger partial charge >= 0.3 is 0 Å². The van der Waals surface area contributed by atoms with E-state index < -0.39 is 0 Å². The number of furan rings is 1. The molecular weight excluding hydrogens is 332 g/mol. The van der Waals surface area contributed by atoms with E-state index in [0.717, 1.165) is 28.6 Å². The number of carbonyl (C=O) groups is 1. The lowest BCUT2D eigenvalue weighted by Crippen LogP contribution is -2.19. The second-order valence-corrected chi connectivity index (χ2v) is 5.57. The summed E-state index contributed by atoms with van der Waals surface area (Å²) in [7, 11) is 0. The highest BCUT2D eigenvalue weighted by molar-refractivity contribution is 9.10. The van der Waals surface area contributed by atoms with Crippen molar-refractivity contribution in [3.63, 3.8) is 0 Å². The standard InChI is InChI=1S/C16H17BrN2O2/c1-2-3-14-8-9-15(21-14)11-18-19-16(20)10-12-4-6-13(17)7-5-12/h4-9,11H,2-3,10H2,1H3,(H,19,20)/b18-11-. The first-order valence-electron chi connectivity index (χ1n) is 6.82. The molecule has 0 aliphatic heterocycles. The second-order valence-electron chi connectivity index (χ2n) is 4.65. The van der Waals surface area contributed by atoms with Crippen molar-refractivity contribution < 1.29 is 9.21 Å². The van der Waals surface area contributed by atoms with Gasteiger partial charge in [0.25, 0.3) is 0 Å². The minimum atomic E-state index is -0.158. The predicted octanol–water partition coefficient (Wildman–Crippen LogP) is 3.69. The fourth-order valence-electron chi connectivity index (χ4n) is 1.84. The molecule has 5 heteroatoms. The molecule has 2 aromatic rings. The van der Waals surface area contributed by atoms with E-state index in [1.807, 2.05) is 36.4 Å². The maximum Gasteiger partial charge on any atom is 0.244 e. The first kappa shape index (κ1) is 15.5. The third kappa shape index (κ3) is 5.19. The molecule has 0 atom stereocenters. The van der Waals surface area contributed by atoms with Crippen molar-refractivity contribution in [2.75, 3.05) is 0 Å². The molecule has 0 aliphatic carbocycles. The van der Waals surface area contributed by atoms with Crippen LogP contribution in [0.25, 0.3) is 0 Å². The molecule has 0 saturated carbocycles. The maximum atomic E-state index is 11.7. The lowest BCUT2D eigenvalue weighted by molar-refractivity contribution is -0.120. The topological polar surface area (TPSA) is 54.6 Å². The van der Waals surface area contributed by atoms with Crippen molar-refractivity contribution >= 4 is 28.1 Å². The average Bonchev–Trinajstić information content (AvgIpc) is 2.89. The third-order valence-corrected chi connectivity index (χ3v) is 3.37. The van der Waals surface area contributed by atoms with Crippen molar-refractivity contribution in [3.8, 4) is 0 Å². The smallest absolute Gasteiger partial charge is 0.244 e. The molecule has 0 spiro atoms. The summed E-state index contributed by atoms with van der Waals surface area (Å²) in [5.41, 5.74) is 3.43. The monoisotopic (exact) mass is 348 g/mol. The Hall–Kier alpha value is -1.88. The Balaban J connectivity index is 1.82. The van der Waals surface area contributed by atoms with Crippen molar-refractivity contribution in [2.45, 2.75) is 26.2 Å². The Morgan fingerprint density at radius 3 is 2.76 bits per heavy atom. The van der Waals surface area contributed by atoms with Crippen LogP contribution in [0.5, 0.6) is 0 Å². The van der Waals surface area contributed by atoms with E-state index in [0.29, 0.717) is 12.2 Å². The number of hydrazone groups is 1. The van der Waals surface area contributed by atoms with Gasteiger partial charge in [-0.1, -0.05) is 35.0 Å². The van der Waals surface area contributed by atoms with Crippen molar-refractivity contribution in [3.05, 3.63) is 58.0 Å². The number of rotatable bonds is 6. The number of amides is 1. The molecule has 0 aliphatic rings. The van der Waals surface area contributed by atoms with Crippen LogP contribution < -0.4 is 5.43 Å². The van der Waals surface area contributed by atoms with E-state index in [2.05, 4.69) is 33.4 Å². The van der Waals surface area contributed by atoms with Gasteiger partial charge in [0.05, 0.1) is 12.6 Å². The highest BCUT2D eigenvalue weighted by atomic mass is 79.9. The SMILES string of the molecule is CCCc1ccc(/C=N\NC(=O)Cc2ccc(Br)cc2)o1. The van der Waals surface area contributed by atoms with Crippen LogP contribution in [0.1, 0.15) is 30.4 Å².